The molecule has 0 amide bonds. The average Bonchev–Trinajstić information content (AvgIpc) is 2.27. The number of nitrogen functional groups attached to an aromatic ring is 1. The van der Waals surface area contributed by atoms with Gasteiger partial charge in [-0.25, -0.2) is 8.42 Å². The van der Waals surface area contributed by atoms with E-state index in [0.717, 1.165) is 0 Å². The monoisotopic (exact) mass is 353 g/mol. The highest BCUT2D eigenvalue weighted by molar-refractivity contribution is 14.1. The number of hydrogen-bond donors (Lipinski definition) is 1. The molecular weight excluding hydrogens is 341 g/mol. The predicted molar refractivity (Wildman–Crippen MR) is 72.5 cm³/mol. The Labute approximate surface area is 108 Å². The lowest BCUT2D eigenvalue weighted by atomic mass is 10.1. The molecule has 88 valence electrons. The van der Waals surface area contributed by atoms with Gasteiger partial charge in [0, 0.05) is 17.0 Å². The fourth-order valence-electron chi connectivity index (χ4n) is 1.13. The van der Waals surface area contributed by atoms with Crippen molar-refractivity contribution >= 4 is 43.9 Å². The van der Waals surface area contributed by atoms with Crippen molar-refractivity contribution in [2.45, 2.75) is 10.2 Å². The highest BCUT2D eigenvalue weighted by Crippen LogP contribution is 2.18. The Kier molecular flexibility index (Phi) is 4.31. The van der Waals surface area contributed by atoms with E-state index in [1.807, 2.05) is 0 Å². The second-order valence-electron chi connectivity index (χ2n) is 3.26. The molecule has 6 heteroatoms. The molecule has 1 aromatic carbocycles. The summed E-state index contributed by atoms with van der Waals surface area (Å²) in [4.78, 5) is 11.9. The van der Waals surface area contributed by atoms with Gasteiger partial charge < -0.3 is 5.73 Å². The third-order valence-corrected chi connectivity index (χ3v) is 6.63. The lowest BCUT2D eigenvalue weighted by Crippen LogP contribution is -2.26. The van der Waals surface area contributed by atoms with Crippen LogP contribution >= 0.6 is 22.6 Å². The number of carbonyl (C=O) groups is 1. The molecule has 16 heavy (non-hydrogen) atoms. The van der Waals surface area contributed by atoms with Gasteiger partial charge in [-0.15, -0.1) is 0 Å². The molecule has 0 aliphatic heterocycles. The second-order valence-corrected chi connectivity index (χ2v) is 7.72. The summed E-state index contributed by atoms with van der Waals surface area (Å²) in [6, 6.07) is 6.33. The van der Waals surface area contributed by atoms with Crippen molar-refractivity contribution in [3.63, 3.8) is 0 Å². The molecule has 0 spiro atoms. The molecule has 0 saturated carbocycles. The second kappa shape index (κ2) is 5.13. The van der Waals surface area contributed by atoms with Gasteiger partial charge in [-0.2, -0.15) is 0 Å². The molecule has 0 bridgehead atoms. The number of hydrogen-bond acceptors (Lipinski definition) is 4. The third-order valence-electron chi connectivity index (χ3n) is 2.09. The molecule has 0 fully saturated rings. The lowest BCUT2D eigenvalue weighted by molar-refractivity contribution is 0.101. The standard InChI is InChI=1S/C10H12INO3S/c1-2-16(14,15)10(11)9(13)7-4-3-5-8(12)6-7/h3-6,10H,2,12H2,1H3/t10-/m0/s1. The van der Waals surface area contributed by atoms with Gasteiger partial charge in [-0.3, -0.25) is 4.79 Å². The van der Waals surface area contributed by atoms with Crippen LogP contribution in [0.25, 0.3) is 0 Å². The van der Waals surface area contributed by atoms with Crippen LogP contribution in [0.4, 0.5) is 5.69 Å². The van der Waals surface area contributed by atoms with Crippen LogP contribution in [0.15, 0.2) is 24.3 Å². The number of Topliss-reactive ketones (excluding diaryl/α,β-unsaturated/α-hetero) is 1. The first-order valence-electron chi connectivity index (χ1n) is 4.64. The number of anilines is 1. The Morgan fingerprint density at radius 2 is 2.12 bits per heavy atom. The minimum Gasteiger partial charge on any atom is -0.399 e. The lowest BCUT2D eigenvalue weighted by Gasteiger charge is -2.09. The molecule has 2 N–H and O–H groups in total. The van der Waals surface area contributed by atoms with E-state index in [1.165, 1.54) is 13.0 Å². The van der Waals surface area contributed by atoms with Crippen molar-refractivity contribution in [2.75, 3.05) is 11.5 Å². The quantitative estimate of drug-likeness (QED) is 0.387. The molecule has 1 aromatic rings. The van der Waals surface area contributed by atoms with Crippen LogP contribution in [0.2, 0.25) is 0 Å². The van der Waals surface area contributed by atoms with E-state index < -0.39 is 18.9 Å². The Hall–Kier alpha value is -0.630. The van der Waals surface area contributed by atoms with Crippen molar-refractivity contribution in [2.24, 2.45) is 0 Å². The molecule has 0 aliphatic rings. The molecule has 0 saturated heterocycles. The maximum atomic E-state index is 11.9. The van der Waals surface area contributed by atoms with Crippen molar-refractivity contribution in [3.8, 4) is 0 Å². The van der Waals surface area contributed by atoms with E-state index >= 15 is 0 Å². The van der Waals surface area contributed by atoms with Gasteiger partial charge in [-0.1, -0.05) is 41.6 Å². The highest BCUT2D eigenvalue weighted by Gasteiger charge is 2.28. The van der Waals surface area contributed by atoms with Gasteiger partial charge in [0.15, 0.2) is 18.9 Å². The summed E-state index contributed by atoms with van der Waals surface area (Å²) in [7, 11) is -3.36. The molecule has 0 aliphatic carbocycles. The number of benzene rings is 1. The molecule has 0 heterocycles. The van der Waals surface area contributed by atoms with Gasteiger partial charge in [0.2, 0.25) is 0 Å². The van der Waals surface area contributed by atoms with Gasteiger partial charge in [-0.05, 0) is 12.1 Å². The number of carbonyl (C=O) groups excluding carboxylic acids is 1. The van der Waals surface area contributed by atoms with Crippen LogP contribution in [0, 0.1) is 0 Å². The summed E-state index contributed by atoms with van der Waals surface area (Å²) >= 11 is 1.65. The average molecular weight is 353 g/mol. The molecule has 1 rings (SSSR count). The number of sulfone groups is 1. The summed E-state index contributed by atoms with van der Waals surface area (Å²) in [6.07, 6.45) is 0. The summed E-state index contributed by atoms with van der Waals surface area (Å²) in [5.74, 6) is -0.468. The predicted octanol–water partition coefficient (Wildman–Crippen LogP) is 1.65. The smallest absolute Gasteiger partial charge is 0.190 e. The summed E-state index contributed by atoms with van der Waals surface area (Å²) in [6.45, 7) is 1.52. The number of nitrogens with two attached hydrogens (primary N) is 1. The molecule has 0 aromatic heterocycles. The van der Waals surface area contributed by atoms with Crippen LogP contribution < -0.4 is 5.73 Å². The first kappa shape index (κ1) is 13.4. The van der Waals surface area contributed by atoms with E-state index in [0.29, 0.717) is 11.3 Å². The van der Waals surface area contributed by atoms with E-state index in [-0.39, 0.29) is 5.75 Å². The fourth-order valence-corrected chi connectivity index (χ4v) is 3.33. The Bertz CT molecular complexity index is 499. The topological polar surface area (TPSA) is 77.2 Å². The van der Waals surface area contributed by atoms with E-state index in [9.17, 15) is 13.2 Å². The van der Waals surface area contributed by atoms with Crippen molar-refractivity contribution in [1.29, 1.82) is 0 Å². The van der Waals surface area contributed by atoms with Crippen molar-refractivity contribution in [1.82, 2.24) is 0 Å². The molecular formula is C10H12INO3S. The Balaban J connectivity index is 3.04. The number of alkyl halides is 1. The molecule has 0 radical (unpaired) electrons. The number of rotatable bonds is 4. The minimum atomic E-state index is -3.36. The Morgan fingerprint density at radius 3 is 2.62 bits per heavy atom. The zero-order valence-corrected chi connectivity index (χ0v) is 11.7. The van der Waals surface area contributed by atoms with Crippen LogP contribution in [-0.4, -0.2) is 23.2 Å². The molecule has 0 unspecified atom stereocenters. The zero-order chi connectivity index (χ0) is 12.3. The summed E-state index contributed by atoms with van der Waals surface area (Å²) < 4.78 is 22.0. The van der Waals surface area contributed by atoms with E-state index in [1.54, 1.807) is 40.8 Å². The minimum absolute atomic E-state index is 0.0470. The first-order valence-corrected chi connectivity index (χ1v) is 7.60. The van der Waals surface area contributed by atoms with Gasteiger partial charge in [0.1, 0.15) is 0 Å². The zero-order valence-electron chi connectivity index (χ0n) is 8.68. The fraction of sp³-hybridized carbons (Fsp3) is 0.300. The third kappa shape index (κ3) is 2.94. The summed E-state index contributed by atoms with van der Waals surface area (Å²) in [5, 5.41) is 0. The normalized spacial score (nSPS) is 13.4. The van der Waals surface area contributed by atoms with E-state index in [2.05, 4.69) is 0 Å². The molecule has 1 atom stereocenters. The number of halogens is 1. The van der Waals surface area contributed by atoms with Gasteiger partial charge in [0.25, 0.3) is 0 Å². The summed E-state index contributed by atoms with van der Waals surface area (Å²) in [5.41, 5.74) is 6.31. The van der Waals surface area contributed by atoms with Crippen molar-refractivity contribution in [3.05, 3.63) is 29.8 Å². The molecule has 4 nitrogen and oxygen atoms in total. The van der Waals surface area contributed by atoms with E-state index in [4.69, 9.17) is 5.73 Å². The van der Waals surface area contributed by atoms with Crippen molar-refractivity contribution < 1.29 is 13.2 Å². The Morgan fingerprint density at radius 1 is 1.50 bits per heavy atom. The SMILES string of the molecule is CCS(=O)(=O)[C@H](I)C(=O)c1cccc(N)c1. The van der Waals surface area contributed by atoms with Crippen LogP contribution in [-0.2, 0) is 9.84 Å². The largest absolute Gasteiger partial charge is 0.399 e. The van der Waals surface area contributed by atoms with Crippen LogP contribution in [0.3, 0.4) is 0 Å². The van der Waals surface area contributed by atoms with Gasteiger partial charge in [0.05, 0.1) is 0 Å². The maximum absolute atomic E-state index is 11.9. The van der Waals surface area contributed by atoms with Crippen LogP contribution in [0.5, 0.6) is 0 Å². The first-order chi connectivity index (χ1) is 7.38. The van der Waals surface area contributed by atoms with Gasteiger partial charge >= 0.3 is 0 Å². The highest BCUT2D eigenvalue weighted by atomic mass is 127. The maximum Gasteiger partial charge on any atom is 0.190 e. The number of ketones is 1. The van der Waals surface area contributed by atoms with Crippen LogP contribution in [0.1, 0.15) is 17.3 Å².